The van der Waals surface area contributed by atoms with Gasteiger partial charge in [0.15, 0.2) is 0 Å². The topological polar surface area (TPSA) is 89.3 Å². The minimum Gasteiger partial charge on any atom is -0.350 e. The van der Waals surface area contributed by atoms with Crippen molar-refractivity contribution in [3.63, 3.8) is 0 Å². The molecule has 8 heteroatoms. The summed E-state index contributed by atoms with van der Waals surface area (Å²) in [6.45, 7) is 1.93. The van der Waals surface area contributed by atoms with Crippen molar-refractivity contribution in [1.82, 2.24) is 5.32 Å². The number of nitrogens with one attached hydrogen (secondary N) is 1. The molecule has 1 aliphatic rings. The molecule has 3 N–H and O–H groups in total. The van der Waals surface area contributed by atoms with Gasteiger partial charge in [-0.15, -0.1) is 0 Å². The first-order valence-electron chi connectivity index (χ1n) is 6.51. The summed E-state index contributed by atoms with van der Waals surface area (Å²) in [5.74, 6) is 0.330. The van der Waals surface area contributed by atoms with Crippen LogP contribution >= 0.6 is 27.5 Å². The first kappa shape index (κ1) is 16.7. The van der Waals surface area contributed by atoms with Gasteiger partial charge in [0.05, 0.1) is 14.4 Å². The number of primary sulfonamides is 1. The molecule has 0 aromatic heterocycles. The average Bonchev–Trinajstić information content (AvgIpc) is 3.14. The third kappa shape index (κ3) is 4.42. The number of carbonyl (C=O) groups is 1. The number of carbonyl (C=O) groups excluding carboxylic acids is 1. The molecule has 1 saturated carbocycles. The van der Waals surface area contributed by atoms with Gasteiger partial charge in [0.25, 0.3) is 5.91 Å². The van der Waals surface area contributed by atoms with E-state index in [4.69, 9.17) is 16.7 Å². The van der Waals surface area contributed by atoms with E-state index in [1.165, 1.54) is 25.0 Å². The van der Waals surface area contributed by atoms with Crippen molar-refractivity contribution in [3.05, 3.63) is 27.2 Å². The average molecular weight is 396 g/mol. The summed E-state index contributed by atoms with van der Waals surface area (Å²) in [7, 11) is -3.96. The van der Waals surface area contributed by atoms with Gasteiger partial charge in [-0.2, -0.15) is 0 Å². The fourth-order valence-corrected chi connectivity index (χ4v) is 3.95. The molecular formula is C13H16BrClN2O3S. The van der Waals surface area contributed by atoms with Crippen LogP contribution in [0.25, 0.3) is 0 Å². The van der Waals surface area contributed by atoms with Gasteiger partial charge >= 0.3 is 0 Å². The van der Waals surface area contributed by atoms with E-state index in [9.17, 15) is 13.2 Å². The quantitative estimate of drug-likeness (QED) is 0.803. The van der Waals surface area contributed by atoms with E-state index in [0.717, 1.165) is 6.42 Å². The van der Waals surface area contributed by atoms with Gasteiger partial charge < -0.3 is 5.32 Å². The molecule has 1 fully saturated rings. The molecule has 0 aliphatic heterocycles. The highest BCUT2D eigenvalue weighted by Crippen LogP contribution is 2.34. The van der Waals surface area contributed by atoms with E-state index in [2.05, 4.69) is 21.2 Å². The molecule has 0 bridgehead atoms. The van der Waals surface area contributed by atoms with Gasteiger partial charge in [-0.1, -0.05) is 24.4 Å². The summed E-state index contributed by atoms with van der Waals surface area (Å²) in [6, 6.07) is 2.68. The largest absolute Gasteiger partial charge is 0.350 e. The Kier molecular flexibility index (Phi) is 4.97. The molecule has 5 nitrogen and oxygen atoms in total. The third-order valence-corrected chi connectivity index (χ3v) is 5.90. The number of nitrogens with two attached hydrogens (primary N) is 1. The molecule has 0 heterocycles. The maximum atomic E-state index is 12.2. The lowest BCUT2D eigenvalue weighted by Crippen LogP contribution is -2.33. The molecule has 1 amide bonds. The summed E-state index contributed by atoms with van der Waals surface area (Å²) in [5.41, 5.74) is 0.176. The zero-order valence-corrected chi connectivity index (χ0v) is 14.6. The second kappa shape index (κ2) is 6.24. The first-order chi connectivity index (χ1) is 9.68. The summed E-state index contributed by atoms with van der Waals surface area (Å²) in [6.07, 6.45) is 3.35. The maximum absolute atomic E-state index is 12.2. The lowest BCUT2D eigenvalue weighted by atomic mass is 10.1. The van der Waals surface area contributed by atoms with Crippen molar-refractivity contribution in [1.29, 1.82) is 0 Å². The van der Waals surface area contributed by atoms with Gasteiger partial charge in [0.2, 0.25) is 10.0 Å². The van der Waals surface area contributed by atoms with E-state index in [1.54, 1.807) is 0 Å². The Bertz CT molecular complexity index is 674. The van der Waals surface area contributed by atoms with Crippen LogP contribution in [0.5, 0.6) is 0 Å². The van der Waals surface area contributed by atoms with E-state index in [-0.39, 0.29) is 31.9 Å². The molecule has 116 valence electrons. The van der Waals surface area contributed by atoms with Gasteiger partial charge in [-0.25, -0.2) is 13.6 Å². The zero-order valence-electron chi connectivity index (χ0n) is 11.4. The number of sulfonamides is 1. The van der Waals surface area contributed by atoms with Gasteiger partial charge in [0.1, 0.15) is 0 Å². The zero-order chi connectivity index (χ0) is 15.8. The number of rotatable bonds is 5. The number of halogens is 2. The molecule has 0 saturated heterocycles. The number of hydrogen-bond acceptors (Lipinski definition) is 3. The van der Waals surface area contributed by atoms with Crippen LogP contribution in [0.3, 0.4) is 0 Å². The smallest absolute Gasteiger partial charge is 0.251 e. The Balaban J connectivity index is 2.22. The molecule has 0 spiro atoms. The monoisotopic (exact) mass is 394 g/mol. The van der Waals surface area contributed by atoms with Crippen LogP contribution in [0, 0.1) is 5.92 Å². The fraction of sp³-hybridized carbons (Fsp3) is 0.462. The van der Waals surface area contributed by atoms with Crippen LogP contribution in [-0.2, 0) is 10.0 Å². The Morgan fingerprint density at radius 1 is 1.52 bits per heavy atom. The molecule has 1 aromatic rings. The van der Waals surface area contributed by atoms with Crippen molar-refractivity contribution in [2.75, 3.05) is 0 Å². The van der Waals surface area contributed by atoms with Crippen molar-refractivity contribution >= 4 is 43.5 Å². The molecular weight excluding hydrogens is 380 g/mol. The van der Waals surface area contributed by atoms with Crippen LogP contribution in [0.2, 0.25) is 5.02 Å². The highest BCUT2D eigenvalue weighted by Gasteiger charge is 2.25. The van der Waals surface area contributed by atoms with Crippen LogP contribution in [0.1, 0.15) is 36.5 Å². The van der Waals surface area contributed by atoms with Crippen LogP contribution < -0.4 is 10.5 Å². The molecule has 0 radical (unpaired) electrons. The SMILES string of the molecule is CC(CC1CC1)NC(=O)c1cc(Cl)c(Br)c(S(N)(=O)=O)c1. The third-order valence-electron chi connectivity index (χ3n) is 3.32. The van der Waals surface area contributed by atoms with E-state index in [0.29, 0.717) is 5.92 Å². The summed E-state index contributed by atoms with van der Waals surface area (Å²) >= 11 is 9.02. The van der Waals surface area contributed by atoms with Gasteiger partial charge in [-0.3, -0.25) is 4.79 Å². The van der Waals surface area contributed by atoms with Crippen LogP contribution in [-0.4, -0.2) is 20.4 Å². The molecule has 2 rings (SSSR count). The highest BCUT2D eigenvalue weighted by atomic mass is 79.9. The van der Waals surface area contributed by atoms with Crippen molar-refractivity contribution < 1.29 is 13.2 Å². The predicted molar refractivity (Wildman–Crippen MR) is 84.8 cm³/mol. The summed E-state index contributed by atoms with van der Waals surface area (Å²) in [4.78, 5) is 12.0. The Morgan fingerprint density at radius 2 is 2.14 bits per heavy atom. The molecule has 1 unspecified atom stereocenters. The van der Waals surface area contributed by atoms with E-state index in [1.807, 2.05) is 6.92 Å². The molecule has 1 aliphatic carbocycles. The minimum atomic E-state index is -3.96. The Hall–Kier alpha value is -0.630. The fourth-order valence-electron chi connectivity index (χ4n) is 2.12. The molecule has 21 heavy (non-hydrogen) atoms. The predicted octanol–water partition coefficient (Wildman–Crippen LogP) is 2.67. The Morgan fingerprint density at radius 3 is 2.67 bits per heavy atom. The van der Waals surface area contributed by atoms with Gasteiger partial charge in [0, 0.05) is 11.6 Å². The number of benzene rings is 1. The van der Waals surface area contributed by atoms with Crippen molar-refractivity contribution in [2.45, 2.75) is 37.1 Å². The lowest BCUT2D eigenvalue weighted by Gasteiger charge is -2.14. The number of hydrogen-bond donors (Lipinski definition) is 2. The molecule has 1 aromatic carbocycles. The van der Waals surface area contributed by atoms with Crippen molar-refractivity contribution in [2.24, 2.45) is 11.1 Å². The van der Waals surface area contributed by atoms with E-state index >= 15 is 0 Å². The highest BCUT2D eigenvalue weighted by molar-refractivity contribution is 9.10. The van der Waals surface area contributed by atoms with E-state index < -0.39 is 10.0 Å². The second-order valence-corrected chi connectivity index (χ2v) is 8.10. The molecule has 1 atom stereocenters. The standard InChI is InChI=1S/C13H16BrClN2O3S/c1-7(4-8-2-3-8)17-13(18)9-5-10(15)12(14)11(6-9)21(16,19)20/h5-8H,2-4H2,1H3,(H,17,18)(H2,16,19,20). The van der Waals surface area contributed by atoms with Gasteiger partial charge in [-0.05, 0) is 47.3 Å². The van der Waals surface area contributed by atoms with Crippen molar-refractivity contribution in [3.8, 4) is 0 Å². The first-order valence-corrected chi connectivity index (χ1v) is 9.23. The maximum Gasteiger partial charge on any atom is 0.251 e. The van der Waals surface area contributed by atoms with Crippen LogP contribution in [0.4, 0.5) is 0 Å². The second-order valence-electron chi connectivity index (χ2n) is 5.37. The summed E-state index contributed by atoms with van der Waals surface area (Å²) < 4.78 is 23.2. The minimum absolute atomic E-state index is 0.0327. The number of amides is 1. The summed E-state index contributed by atoms with van der Waals surface area (Å²) in [5, 5.41) is 8.09. The normalized spacial score (nSPS) is 16.6. The Labute approximate surface area is 137 Å². The lowest BCUT2D eigenvalue weighted by molar-refractivity contribution is 0.0937. The van der Waals surface area contributed by atoms with Crippen LogP contribution in [0.15, 0.2) is 21.5 Å².